The van der Waals surface area contributed by atoms with Gasteiger partial charge < -0.3 is 0 Å². The number of nitrogens with zero attached hydrogens (tertiary/aromatic N) is 2. The van der Waals surface area contributed by atoms with Crippen LogP contribution in [0.15, 0.2) is 5.38 Å². The molecule has 1 unspecified atom stereocenters. The Morgan fingerprint density at radius 1 is 1.60 bits per heavy atom. The Morgan fingerprint density at radius 2 is 2.27 bits per heavy atom. The zero-order valence-electron chi connectivity index (χ0n) is 9.25. The molecule has 0 bridgehead atoms. The molecule has 1 aromatic heterocycles. The van der Waals surface area contributed by atoms with Crippen molar-refractivity contribution >= 4 is 27.3 Å². The van der Waals surface area contributed by atoms with E-state index < -0.39 is 0 Å². The molecule has 1 rings (SSSR count). The number of aromatic nitrogens is 1. The Morgan fingerprint density at radius 3 is 2.67 bits per heavy atom. The summed E-state index contributed by atoms with van der Waals surface area (Å²) < 4.78 is 0. The third-order valence-corrected chi connectivity index (χ3v) is 3.76. The van der Waals surface area contributed by atoms with Gasteiger partial charge in [0.15, 0.2) is 0 Å². The average molecular weight is 287 g/mol. The van der Waals surface area contributed by atoms with Gasteiger partial charge >= 0.3 is 0 Å². The molecule has 0 N–H and O–H groups in total. The third kappa shape index (κ3) is 3.58. The maximum atomic E-state index is 8.85. The van der Waals surface area contributed by atoms with Crippen LogP contribution in [0, 0.1) is 17.2 Å². The number of nitriles is 1. The van der Waals surface area contributed by atoms with Crippen molar-refractivity contribution < 1.29 is 0 Å². The smallest absolute Gasteiger partial charge is 0.0941 e. The van der Waals surface area contributed by atoms with E-state index in [1.54, 1.807) is 11.3 Å². The van der Waals surface area contributed by atoms with Gasteiger partial charge in [-0.1, -0.05) is 36.7 Å². The molecular weight excluding hydrogens is 272 g/mol. The van der Waals surface area contributed by atoms with E-state index in [1.807, 2.05) is 0 Å². The fourth-order valence-corrected chi connectivity index (χ4v) is 2.57. The molecule has 0 fully saturated rings. The SMILES string of the molecule is CC(C)(C)c1csc(CC(C#N)CBr)n1. The second kappa shape index (κ2) is 5.09. The van der Waals surface area contributed by atoms with Crippen LogP contribution < -0.4 is 0 Å². The Kier molecular flexibility index (Phi) is 4.30. The molecule has 0 saturated heterocycles. The van der Waals surface area contributed by atoms with Gasteiger partial charge in [0.05, 0.1) is 22.7 Å². The topological polar surface area (TPSA) is 36.7 Å². The van der Waals surface area contributed by atoms with E-state index in [0.29, 0.717) is 5.33 Å². The Balaban J connectivity index is 2.74. The molecule has 0 spiro atoms. The van der Waals surface area contributed by atoms with Gasteiger partial charge in [0.2, 0.25) is 0 Å². The molecule has 0 aliphatic heterocycles. The predicted molar refractivity (Wildman–Crippen MR) is 67.4 cm³/mol. The minimum Gasteiger partial charge on any atom is -0.246 e. The van der Waals surface area contributed by atoms with Crippen molar-refractivity contribution in [2.75, 3.05) is 5.33 Å². The second-order valence-electron chi connectivity index (χ2n) is 4.56. The van der Waals surface area contributed by atoms with E-state index in [2.05, 4.69) is 53.1 Å². The van der Waals surface area contributed by atoms with Crippen molar-refractivity contribution in [1.29, 1.82) is 5.26 Å². The second-order valence-corrected chi connectivity index (χ2v) is 6.15. The minimum atomic E-state index is 0.0315. The first kappa shape index (κ1) is 12.7. The standard InChI is InChI=1S/C11H15BrN2S/c1-11(2,3)9-7-15-10(14-9)4-8(5-12)6-13/h7-8H,4-5H2,1-3H3. The van der Waals surface area contributed by atoms with Crippen molar-refractivity contribution in [2.45, 2.75) is 32.6 Å². The molecule has 15 heavy (non-hydrogen) atoms. The summed E-state index contributed by atoms with van der Waals surface area (Å²) in [6, 6.07) is 2.27. The molecule has 1 aromatic rings. The number of halogens is 1. The first-order chi connectivity index (χ1) is 6.97. The summed E-state index contributed by atoms with van der Waals surface area (Å²) in [6.07, 6.45) is 0.752. The molecule has 0 aromatic carbocycles. The molecule has 1 heterocycles. The molecule has 0 saturated carbocycles. The van der Waals surface area contributed by atoms with Gasteiger partial charge in [0.25, 0.3) is 0 Å². The quantitative estimate of drug-likeness (QED) is 0.798. The van der Waals surface area contributed by atoms with Crippen molar-refractivity contribution in [1.82, 2.24) is 4.98 Å². The van der Waals surface area contributed by atoms with Gasteiger partial charge in [-0.25, -0.2) is 4.98 Å². The molecule has 4 heteroatoms. The number of hydrogen-bond donors (Lipinski definition) is 0. The fourth-order valence-electron chi connectivity index (χ4n) is 1.09. The van der Waals surface area contributed by atoms with E-state index in [1.165, 1.54) is 0 Å². The normalized spacial score (nSPS) is 13.5. The van der Waals surface area contributed by atoms with Crippen LogP contribution in [-0.2, 0) is 11.8 Å². The molecule has 0 radical (unpaired) electrons. The van der Waals surface area contributed by atoms with Gasteiger partial charge in [-0.2, -0.15) is 5.26 Å². The van der Waals surface area contributed by atoms with Crippen molar-refractivity contribution in [3.8, 4) is 6.07 Å². The minimum absolute atomic E-state index is 0.0315. The summed E-state index contributed by atoms with van der Waals surface area (Å²) in [5.74, 6) is 0.0315. The Labute approximate surface area is 103 Å². The molecule has 2 nitrogen and oxygen atoms in total. The maximum absolute atomic E-state index is 8.85. The summed E-state index contributed by atoms with van der Waals surface area (Å²) in [4.78, 5) is 4.56. The van der Waals surface area contributed by atoms with E-state index in [4.69, 9.17) is 5.26 Å². The van der Waals surface area contributed by atoms with E-state index in [-0.39, 0.29) is 11.3 Å². The first-order valence-corrected chi connectivity index (χ1v) is 6.88. The highest BCUT2D eigenvalue weighted by molar-refractivity contribution is 9.09. The average Bonchev–Trinajstić information content (AvgIpc) is 2.61. The number of rotatable bonds is 3. The highest BCUT2D eigenvalue weighted by Crippen LogP contribution is 2.25. The summed E-state index contributed by atoms with van der Waals surface area (Å²) >= 11 is 4.99. The molecule has 0 aliphatic rings. The van der Waals surface area contributed by atoms with E-state index in [9.17, 15) is 0 Å². The molecule has 1 atom stereocenters. The molecular formula is C11H15BrN2S. The number of hydrogen-bond acceptors (Lipinski definition) is 3. The zero-order valence-corrected chi connectivity index (χ0v) is 11.7. The summed E-state index contributed by atoms with van der Waals surface area (Å²) in [7, 11) is 0. The van der Waals surface area contributed by atoms with Crippen LogP contribution in [0.25, 0.3) is 0 Å². The van der Waals surface area contributed by atoms with Gasteiger partial charge in [-0.15, -0.1) is 11.3 Å². The van der Waals surface area contributed by atoms with Crippen LogP contribution in [0.1, 0.15) is 31.5 Å². The van der Waals surface area contributed by atoms with Gasteiger partial charge in [-0.3, -0.25) is 0 Å². The predicted octanol–water partition coefficient (Wildman–Crippen LogP) is 3.52. The lowest BCUT2D eigenvalue weighted by molar-refractivity contribution is 0.569. The highest BCUT2D eigenvalue weighted by Gasteiger charge is 2.18. The third-order valence-electron chi connectivity index (χ3n) is 2.11. The first-order valence-electron chi connectivity index (χ1n) is 4.88. The largest absolute Gasteiger partial charge is 0.246 e. The summed E-state index contributed by atoms with van der Waals surface area (Å²) in [5, 5.41) is 12.7. The van der Waals surface area contributed by atoms with Gasteiger partial charge in [0.1, 0.15) is 0 Å². The van der Waals surface area contributed by atoms with Crippen LogP contribution in [-0.4, -0.2) is 10.3 Å². The lowest BCUT2D eigenvalue weighted by Gasteiger charge is -2.14. The van der Waals surface area contributed by atoms with E-state index in [0.717, 1.165) is 17.1 Å². The molecule has 0 amide bonds. The monoisotopic (exact) mass is 286 g/mol. The highest BCUT2D eigenvalue weighted by atomic mass is 79.9. The molecule has 82 valence electrons. The van der Waals surface area contributed by atoms with Crippen LogP contribution in [0.3, 0.4) is 0 Å². The van der Waals surface area contributed by atoms with Gasteiger partial charge in [0, 0.05) is 22.5 Å². The van der Waals surface area contributed by atoms with Gasteiger partial charge in [-0.05, 0) is 0 Å². The summed E-state index contributed by atoms with van der Waals surface area (Å²) in [6.45, 7) is 6.45. The van der Waals surface area contributed by atoms with E-state index >= 15 is 0 Å². The van der Waals surface area contributed by atoms with Crippen molar-refractivity contribution in [3.63, 3.8) is 0 Å². The lowest BCUT2D eigenvalue weighted by atomic mass is 9.93. The van der Waals surface area contributed by atoms with Crippen LogP contribution >= 0.6 is 27.3 Å². The Hall–Kier alpha value is -0.400. The van der Waals surface area contributed by atoms with Crippen molar-refractivity contribution in [2.24, 2.45) is 5.92 Å². The number of alkyl halides is 1. The molecule has 0 aliphatic carbocycles. The van der Waals surface area contributed by atoms with Crippen LogP contribution in [0.4, 0.5) is 0 Å². The van der Waals surface area contributed by atoms with Crippen molar-refractivity contribution in [3.05, 3.63) is 16.1 Å². The Bertz CT molecular complexity index is 359. The maximum Gasteiger partial charge on any atom is 0.0941 e. The van der Waals surface area contributed by atoms with Crippen LogP contribution in [0.5, 0.6) is 0 Å². The summed E-state index contributed by atoms with van der Waals surface area (Å²) in [5.41, 5.74) is 1.22. The zero-order chi connectivity index (χ0) is 11.5. The van der Waals surface area contributed by atoms with Crippen LogP contribution in [0.2, 0.25) is 0 Å². The lowest BCUT2D eigenvalue weighted by Crippen LogP contribution is -2.12. The number of thiazole rings is 1. The fraction of sp³-hybridized carbons (Fsp3) is 0.636.